The topological polar surface area (TPSA) is 53.0 Å². The van der Waals surface area contributed by atoms with E-state index in [1.807, 2.05) is 0 Å². The molecule has 1 aromatic heterocycles. The minimum Gasteiger partial charge on any atom is -0.545 e. The fourth-order valence-corrected chi connectivity index (χ4v) is 3.43. The lowest BCUT2D eigenvalue weighted by molar-refractivity contribution is -0.255. The molecule has 25 heavy (non-hydrogen) atoms. The normalized spacial score (nSPS) is 12.2. The summed E-state index contributed by atoms with van der Waals surface area (Å²) >= 11 is 0. The third kappa shape index (κ3) is 10.3. The average molecular weight is 347 g/mol. The fourth-order valence-electron chi connectivity index (χ4n) is 3.43. The van der Waals surface area contributed by atoms with Crippen LogP contribution in [0.25, 0.3) is 0 Å². The van der Waals surface area contributed by atoms with E-state index in [1.54, 1.807) is 12.3 Å². The minimum atomic E-state index is -1.11. The maximum Gasteiger partial charge on any atom is 0.0716 e. The number of pyridine rings is 1. The summed E-state index contributed by atoms with van der Waals surface area (Å²) < 4.78 is 0. The van der Waals surface area contributed by atoms with E-state index in [2.05, 4.69) is 18.8 Å². The molecule has 1 aromatic rings. The highest BCUT2D eigenvalue weighted by Crippen LogP contribution is 2.22. The zero-order chi connectivity index (χ0) is 18.3. The van der Waals surface area contributed by atoms with Crippen molar-refractivity contribution in [1.82, 2.24) is 4.98 Å². The van der Waals surface area contributed by atoms with Crippen molar-refractivity contribution in [2.75, 3.05) is 0 Å². The summed E-state index contributed by atoms with van der Waals surface area (Å²) in [4.78, 5) is 15.4. The SMILES string of the molecule is CCCCCCCCC(CCCCCC)Cc1cc(C(=O)[O-])ccn1. The third-order valence-corrected chi connectivity index (χ3v) is 4.98. The molecule has 1 heterocycles. The molecule has 0 aliphatic carbocycles. The van der Waals surface area contributed by atoms with Crippen LogP contribution in [0.4, 0.5) is 0 Å². The molecule has 3 heteroatoms. The smallest absolute Gasteiger partial charge is 0.0716 e. The molecule has 0 spiro atoms. The van der Waals surface area contributed by atoms with E-state index in [-0.39, 0.29) is 5.56 Å². The molecule has 1 rings (SSSR count). The van der Waals surface area contributed by atoms with Crippen molar-refractivity contribution in [1.29, 1.82) is 0 Å². The Balaban J connectivity index is 2.48. The first-order valence-corrected chi connectivity index (χ1v) is 10.3. The van der Waals surface area contributed by atoms with Gasteiger partial charge in [-0.25, -0.2) is 0 Å². The second-order valence-corrected chi connectivity index (χ2v) is 7.30. The van der Waals surface area contributed by atoms with Crippen molar-refractivity contribution in [2.24, 2.45) is 5.92 Å². The van der Waals surface area contributed by atoms with Gasteiger partial charge < -0.3 is 9.90 Å². The van der Waals surface area contributed by atoms with Gasteiger partial charge in [0.15, 0.2) is 0 Å². The number of hydrogen-bond acceptors (Lipinski definition) is 3. The predicted molar refractivity (Wildman–Crippen MR) is 103 cm³/mol. The first-order valence-electron chi connectivity index (χ1n) is 10.3. The zero-order valence-corrected chi connectivity index (χ0v) is 16.3. The molecule has 3 nitrogen and oxygen atoms in total. The Kier molecular flexibility index (Phi) is 12.0. The maximum absolute atomic E-state index is 11.0. The standard InChI is InChI=1S/C22H37NO2/c1-3-5-7-9-10-12-14-19(13-11-8-6-4-2)17-21-18-20(22(24)25)15-16-23-21/h15-16,18-19H,3-14,17H2,1-2H3,(H,24,25)/p-1. The third-order valence-electron chi connectivity index (χ3n) is 4.98. The molecule has 0 radical (unpaired) electrons. The van der Waals surface area contributed by atoms with Crippen LogP contribution in [0, 0.1) is 5.92 Å². The molecular weight excluding hydrogens is 310 g/mol. The Hall–Kier alpha value is -1.38. The van der Waals surface area contributed by atoms with Crippen LogP contribution in [0.15, 0.2) is 18.3 Å². The first kappa shape index (κ1) is 21.7. The molecule has 142 valence electrons. The summed E-state index contributed by atoms with van der Waals surface area (Å²) in [6, 6.07) is 3.21. The van der Waals surface area contributed by atoms with Gasteiger partial charge >= 0.3 is 0 Å². The van der Waals surface area contributed by atoms with Crippen molar-refractivity contribution in [3.05, 3.63) is 29.6 Å². The summed E-state index contributed by atoms with van der Waals surface area (Å²) in [7, 11) is 0. The Morgan fingerprint density at radius 1 is 0.960 bits per heavy atom. The van der Waals surface area contributed by atoms with Gasteiger partial charge in [0.2, 0.25) is 0 Å². The quantitative estimate of drug-likeness (QED) is 0.404. The molecule has 0 amide bonds. The summed E-state index contributed by atoms with van der Waals surface area (Å²) in [5.41, 5.74) is 1.14. The van der Waals surface area contributed by atoms with Crippen molar-refractivity contribution in [2.45, 2.75) is 97.3 Å². The van der Waals surface area contributed by atoms with Gasteiger partial charge in [0.25, 0.3) is 0 Å². The lowest BCUT2D eigenvalue weighted by Gasteiger charge is -2.17. The van der Waals surface area contributed by atoms with Crippen LogP contribution < -0.4 is 5.11 Å². The minimum absolute atomic E-state index is 0.245. The van der Waals surface area contributed by atoms with Crippen LogP contribution in [0.3, 0.4) is 0 Å². The Labute approximate surface area is 154 Å². The van der Waals surface area contributed by atoms with Gasteiger partial charge in [0.1, 0.15) is 0 Å². The highest BCUT2D eigenvalue weighted by molar-refractivity contribution is 5.85. The molecule has 0 aliphatic heterocycles. The molecular formula is C22H36NO2-. The van der Waals surface area contributed by atoms with Crippen molar-refractivity contribution in [3.8, 4) is 0 Å². The Morgan fingerprint density at radius 2 is 1.52 bits per heavy atom. The highest BCUT2D eigenvalue weighted by atomic mass is 16.4. The van der Waals surface area contributed by atoms with Gasteiger partial charge in [0, 0.05) is 17.5 Å². The van der Waals surface area contributed by atoms with Gasteiger partial charge in [-0.2, -0.15) is 0 Å². The molecule has 0 aromatic carbocycles. The number of nitrogens with zero attached hydrogens (tertiary/aromatic N) is 1. The number of aromatic carboxylic acids is 1. The molecule has 0 fully saturated rings. The Morgan fingerprint density at radius 3 is 2.12 bits per heavy atom. The summed E-state index contributed by atoms with van der Waals surface area (Å²) in [5, 5.41) is 11.0. The van der Waals surface area contributed by atoms with Crippen LogP contribution >= 0.6 is 0 Å². The number of carboxylic acids is 1. The van der Waals surface area contributed by atoms with E-state index in [4.69, 9.17) is 0 Å². The number of carbonyl (C=O) groups excluding carboxylic acids is 1. The van der Waals surface area contributed by atoms with Gasteiger partial charge in [-0.05, 0) is 24.5 Å². The lowest BCUT2D eigenvalue weighted by atomic mass is 9.90. The van der Waals surface area contributed by atoms with E-state index >= 15 is 0 Å². The first-order chi connectivity index (χ1) is 12.2. The van der Waals surface area contributed by atoms with Crippen molar-refractivity contribution in [3.63, 3.8) is 0 Å². The van der Waals surface area contributed by atoms with Crippen LogP contribution in [0.5, 0.6) is 0 Å². The second kappa shape index (κ2) is 13.9. The summed E-state index contributed by atoms with van der Waals surface area (Å²) in [5.74, 6) is -0.494. The number of aromatic nitrogens is 1. The van der Waals surface area contributed by atoms with Crippen LogP contribution in [0.1, 0.15) is 107 Å². The molecule has 0 bridgehead atoms. The van der Waals surface area contributed by atoms with E-state index in [0.29, 0.717) is 5.92 Å². The van der Waals surface area contributed by atoms with Gasteiger partial charge in [0.05, 0.1) is 5.97 Å². The highest BCUT2D eigenvalue weighted by Gasteiger charge is 2.11. The zero-order valence-electron chi connectivity index (χ0n) is 16.3. The van der Waals surface area contributed by atoms with Crippen molar-refractivity contribution >= 4 is 5.97 Å². The molecule has 0 saturated heterocycles. The van der Waals surface area contributed by atoms with Crippen LogP contribution in [-0.4, -0.2) is 11.0 Å². The molecule has 1 atom stereocenters. The lowest BCUT2D eigenvalue weighted by Crippen LogP contribution is -2.22. The average Bonchev–Trinajstić information content (AvgIpc) is 2.61. The number of carbonyl (C=O) groups is 1. The number of unbranched alkanes of at least 4 members (excludes halogenated alkanes) is 8. The van der Waals surface area contributed by atoms with Crippen LogP contribution in [-0.2, 0) is 6.42 Å². The molecule has 1 unspecified atom stereocenters. The molecule has 0 N–H and O–H groups in total. The second-order valence-electron chi connectivity index (χ2n) is 7.30. The van der Waals surface area contributed by atoms with Gasteiger partial charge in [-0.1, -0.05) is 90.9 Å². The number of hydrogen-bond donors (Lipinski definition) is 0. The van der Waals surface area contributed by atoms with E-state index in [0.717, 1.165) is 12.1 Å². The molecule has 0 aliphatic rings. The predicted octanol–water partition coefficient (Wildman–Crippen LogP) is 5.32. The van der Waals surface area contributed by atoms with Gasteiger partial charge in [-0.15, -0.1) is 0 Å². The summed E-state index contributed by atoms with van der Waals surface area (Å²) in [6.45, 7) is 4.49. The van der Waals surface area contributed by atoms with Crippen molar-refractivity contribution < 1.29 is 9.90 Å². The maximum atomic E-state index is 11.0. The Bertz CT molecular complexity index is 473. The number of rotatable bonds is 15. The molecule has 0 saturated carbocycles. The van der Waals surface area contributed by atoms with E-state index < -0.39 is 5.97 Å². The number of carboxylic acid groups (broad SMARTS) is 1. The van der Waals surface area contributed by atoms with Gasteiger partial charge in [-0.3, -0.25) is 4.98 Å². The van der Waals surface area contributed by atoms with Crippen LogP contribution in [0.2, 0.25) is 0 Å². The monoisotopic (exact) mass is 346 g/mol. The fraction of sp³-hybridized carbons (Fsp3) is 0.727. The van der Waals surface area contributed by atoms with E-state index in [9.17, 15) is 9.90 Å². The van der Waals surface area contributed by atoms with E-state index in [1.165, 1.54) is 83.1 Å². The largest absolute Gasteiger partial charge is 0.545 e. The summed E-state index contributed by atoms with van der Waals surface area (Å²) in [6.07, 6.45) is 18.0.